The number of hydrogen-bond acceptors (Lipinski definition) is 5. The van der Waals surface area contributed by atoms with E-state index >= 15 is 0 Å². The van der Waals surface area contributed by atoms with Crippen molar-refractivity contribution < 1.29 is 14.6 Å². The van der Waals surface area contributed by atoms with Crippen LogP contribution in [0.2, 0.25) is 0 Å². The molecule has 1 fully saturated rings. The number of rotatable bonds is 5. The summed E-state index contributed by atoms with van der Waals surface area (Å²) in [5, 5.41) is 14.7. The first-order valence-corrected chi connectivity index (χ1v) is 10.9. The van der Waals surface area contributed by atoms with Gasteiger partial charge < -0.3 is 24.6 Å². The monoisotopic (exact) mass is 420 g/mol. The van der Waals surface area contributed by atoms with Crippen LogP contribution in [0.1, 0.15) is 30.7 Å². The van der Waals surface area contributed by atoms with Crippen LogP contribution in [0.5, 0.6) is 5.75 Å². The number of imidazole rings is 1. The number of ether oxygens (including phenoxy) is 1. The molecule has 0 bridgehead atoms. The molecule has 31 heavy (non-hydrogen) atoms. The van der Waals surface area contributed by atoms with E-state index in [-0.39, 0.29) is 11.8 Å². The first kappa shape index (κ1) is 19.9. The van der Waals surface area contributed by atoms with E-state index in [1.165, 1.54) is 0 Å². The fraction of sp³-hybridized carbons (Fsp3) is 0.417. The Morgan fingerprint density at radius 3 is 3.06 bits per heavy atom. The van der Waals surface area contributed by atoms with Crippen LogP contribution < -0.4 is 10.1 Å². The SMILES string of the molecule is COc1ccc2c(c1)NC[C@@H]2CC(=O)N1CCC[C@](O)(Cn2cnc3ccccc32)C1. The number of β-amino-alcohol motifs (C(OH)–C–C–N with tert-alkyl or cyclic N) is 1. The average molecular weight is 421 g/mol. The largest absolute Gasteiger partial charge is 0.497 e. The predicted octanol–water partition coefficient (Wildman–Crippen LogP) is 3.00. The number of hydrogen-bond donors (Lipinski definition) is 2. The van der Waals surface area contributed by atoms with Gasteiger partial charge in [0.15, 0.2) is 0 Å². The quantitative estimate of drug-likeness (QED) is 0.663. The molecule has 162 valence electrons. The molecular formula is C24H28N4O3. The van der Waals surface area contributed by atoms with E-state index in [9.17, 15) is 9.90 Å². The van der Waals surface area contributed by atoms with Gasteiger partial charge in [0, 0.05) is 37.2 Å². The molecule has 7 heteroatoms. The highest BCUT2D eigenvalue weighted by Crippen LogP contribution is 2.37. The highest BCUT2D eigenvalue weighted by Gasteiger charge is 2.37. The van der Waals surface area contributed by atoms with Crippen LogP contribution in [0, 0.1) is 0 Å². The summed E-state index contributed by atoms with van der Waals surface area (Å²) in [5.41, 5.74) is 3.17. The van der Waals surface area contributed by atoms with Crippen LogP contribution in [0.25, 0.3) is 11.0 Å². The number of nitrogens with zero attached hydrogens (tertiary/aromatic N) is 3. The summed E-state index contributed by atoms with van der Waals surface area (Å²) >= 11 is 0. The minimum Gasteiger partial charge on any atom is -0.497 e. The third kappa shape index (κ3) is 3.85. The van der Waals surface area contributed by atoms with Crippen LogP contribution in [0.15, 0.2) is 48.8 Å². The van der Waals surface area contributed by atoms with Crippen molar-refractivity contribution in [1.29, 1.82) is 0 Å². The van der Waals surface area contributed by atoms with Gasteiger partial charge in [-0.25, -0.2) is 4.98 Å². The first-order valence-electron chi connectivity index (χ1n) is 10.9. The molecule has 3 heterocycles. The van der Waals surface area contributed by atoms with E-state index in [0.717, 1.165) is 41.0 Å². The Kier molecular flexibility index (Phi) is 5.06. The number of benzene rings is 2. The van der Waals surface area contributed by atoms with Gasteiger partial charge in [-0.2, -0.15) is 0 Å². The van der Waals surface area contributed by atoms with E-state index in [1.807, 2.05) is 51.9 Å². The number of likely N-dealkylation sites (tertiary alicyclic amines) is 1. The normalized spacial score (nSPS) is 22.9. The van der Waals surface area contributed by atoms with Crippen molar-refractivity contribution >= 4 is 22.6 Å². The number of amides is 1. The molecule has 2 aliphatic heterocycles. The molecule has 3 aromatic rings. The lowest BCUT2D eigenvalue weighted by Crippen LogP contribution is -2.52. The van der Waals surface area contributed by atoms with Gasteiger partial charge in [-0.05, 0) is 36.6 Å². The summed E-state index contributed by atoms with van der Waals surface area (Å²) in [7, 11) is 1.65. The zero-order valence-electron chi connectivity index (χ0n) is 17.8. The van der Waals surface area contributed by atoms with Gasteiger partial charge in [0.2, 0.25) is 5.91 Å². The Morgan fingerprint density at radius 1 is 1.32 bits per heavy atom. The second-order valence-corrected chi connectivity index (χ2v) is 8.74. The zero-order valence-corrected chi connectivity index (χ0v) is 17.8. The molecule has 0 spiro atoms. The molecule has 1 aromatic heterocycles. The number of methoxy groups -OCH3 is 1. The fourth-order valence-corrected chi connectivity index (χ4v) is 4.94. The molecule has 2 aliphatic rings. The number of carbonyl (C=O) groups excluding carboxylic acids is 1. The van der Waals surface area contributed by atoms with Crippen LogP contribution in [-0.2, 0) is 11.3 Å². The molecule has 1 saturated heterocycles. The standard InChI is InChI=1S/C24H28N4O3/c1-31-18-7-8-19-17(13-25-21(19)12-18)11-23(29)27-10-4-9-24(30,14-27)15-28-16-26-20-5-2-3-6-22(20)28/h2-3,5-8,12,16-17,25,30H,4,9-11,13-15H2,1H3/t17-,24+/m0/s1. The van der Waals surface area contributed by atoms with E-state index in [1.54, 1.807) is 13.4 Å². The number of aromatic nitrogens is 2. The maximum atomic E-state index is 13.1. The smallest absolute Gasteiger partial charge is 0.223 e. The van der Waals surface area contributed by atoms with Crippen molar-refractivity contribution in [2.75, 3.05) is 32.1 Å². The van der Waals surface area contributed by atoms with Gasteiger partial charge in [0.25, 0.3) is 0 Å². The minimum absolute atomic E-state index is 0.101. The Labute approximate surface area is 181 Å². The summed E-state index contributed by atoms with van der Waals surface area (Å²) in [6.45, 7) is 2.23. The summed E-state index contributed by atoms with van der Waals surface area (Å²) < 4.78 is 7.29. The molecule has 0 unspecified atom stereocenters. The number of nitrogens with one attached hydrogen (secondary N) is 1. The van der Waals surface area contributed by atoms with Crippen molar-refractivity contribution in [3.05, 3.63) is 54.4 Å². The molecule has 7 nitrogen and oxygen atoms in total. The number of anilines is 1. The highest BCUT2D eigenvalue weighted by atomic mass is 16.5. The van der Waals surface area contributed by atoms with Gasteiger partial charge >= 0.3 is 0 Å². The molecule has 2 atom stereocenters. The van der Waals surface area contributed by atoms with Gasteiger partial charge in [-0.1, -0.05) is 18.2 Å². The summed E-state index contributed by atoms with van der Waals surface area (Å²) in [5.74, 6) is 1.05. The molecule has 2 N–H and O–H groups in total. The third-order valence-corrected chi connectivity index (χ3v) is 6.56. The molecule has 0 radical (unpaired) electrons. The maximum Gasteiger partial charge on any atom is 0.223 e. The highest BCUT2D eigenvalue weighted by molar-refractivity contribution is 5.79. The Hall–Kier alpha value is -3.06. The van der Waals surface area contributed by atoms with Crippen LogP contribution in [0.4, 0.5) is 5.69 Å². The lowest BCUT2D eigenvalue weighted by molar-refractivity contribution is -0.139. The molecule has 1 amide bonds. The predicted molar refractivity (Wildman–Crippen MR) is 119 cm³/mol. The van der Waals surface area contributed by atoms with Crippen LogP contribution >= 0.6 is 0 Å². The van der Waals surface area contributed by atoms with Crippen molar-refractivity contribution in [1.82, 2.24) is 14.5 Å². The lowest BCUT2D eigenvalue weighted by atomic mass is 9.91. The summed E-state index contributed by atoms with van der Waals surface area (Å²) in [4.78, 5) is 19.4. The minimum atomic E-state index is -0.948. The van der Waals surface area contributed by atoms with Gasteiger partial charge in [0.1, 0.15) is 11.4 Å². The lowest BCUT2D eigenvalue weighted by Gasteiger charge is -2.39. The van der Waals surface area contributed by atoms with E-state index in [2.05, 4.69) is 10.3 Å². The number of fused-ring (bicyclic) bond motifs is 2. The van der Waals surface area contributed by atoms with Crippen molar-refractivity contribution in [2.24, 2.45) is 0 Å². The molecule has 0 aliphatic carbocycles. The second-order valence-electron chi connectivity index (χ2n) is 8.74. The number of aliphatic hydroxyl groups is 1. The van der Waals surface area contributed by atoms with E-state index < -0.39 is 5.60 Å². The zero-order chi connectivity index (χ0) is 21.4. The number of carbonyl (C=O) groups is 1. The molecule has 2 aromatic carbocycles. The fourth-order valence-electron chi connectivity index (χ4n) is 4.94. The summed E-state index contributed by atoms with van der Waals surface area (Å²) in [6.07, 6.45) is 3.69. The van der Waals surface area contributed by atoms with Crippen molar-refractivity contribution in [2.45, 2.75) is 37.3 Å². The van der Waals surface area contributed by atoms with Gasteiger partial charge in [-0.3, -0.25) is 4.79 Å². The Morgan fingerprint density at radius 2 is 2.19 bits per heavy atom. The topological polar surface area (TPSA) is 79.6 Å². The van der Waals surface area contributed by atoms with E-state index in [4.69, 9.17) is 4.74 Å². The van der Waals surface area contributed by atoms with E-state index in [0.29, 0.717) is 32.5 Å². The maximum absolute atomic E-state index is 13.1. The Bertz CT molecular complexity index is 1110. The number of piperidine rings is 1. The van der Waals surface area contributed by atoms with Crippen LogP contribution in [-0.4, -0.2) is 57.8 Å². The first-order chi connectivity index (χ1) is 15.0. The summed E-state index contributed by atoms with van der Waals surface area (Å²) in [6, 6.07) is 13.9. The Balaban J connectivity index is 1.27. The molecule has 5 rings (SSSR count). The molecular weight excluding hydrogens is 392 g/mol. The average Bonchev–Trinajstić information content (AvgIpc) is 3.37. The van der Waals surface area contributed by atoms with Crippen molar-refractivity contribution in [3.63, 3.8) is 0 Å². The van der Waals surface area contributed by atoms with Gasteiger partial charge in [0.05, 0.1) is 37.6 Å². The van der Waals surface area contributed by atoms with Crippen LogP contribution in [0.3, 0.4) is 0 Å². The second kappa shape index (κ2) is 7.89. The number of para-hydroxylation sites is 2. The molecule has 0 saturated carbocycles. The van der Waals surface area contributed by atoms with Gasteiger partial charge in [-0.15, -0.1) is 0 Å². The van der Waals surface area contributed by atoms with Crippen molar-refractivity contribution in [3.8, 4) is 5.75 Å². The third-order valence-electron chi connectivity index (χ3n) is 6.56.